The second-order valence-electron chi connectivity index (χ2n) is 6.09. The summed E-state index contributed by atoms with van der Waals surface area (Å²) < 4.78 is 5.18. The molecule has 1 aliphatic rings. The standard InChI is InChI=1S/C19H24O4/c1-3-4-8-13(2)17(20)16-18(21)15(23-19(16)22)12-11-14-9-6-5-7-10-14/h5-7,9-10,13,15,20H,3-4,8,11-12H2,1-2H3/t13-,15+/m1/s1. The third kappa shape index (κ3) is 4.21. The molecule has 0 aliphatic carbocycles. The van der Waals surface area contributed by atoms with E-state index in [4.69, 9.17) is 4.74 Å². The molecule has 2 rings (SSSR count). The molecule has 1 saturated heterocycles. The summed E-state index contributed by atoms with van der Waals surface area (Å²) in [6.07, 6.45) is 3.02. The number of aryl methyl sites for hydroxylation is 1. The monoisotopic (exact) mass is 316 g/mol. The molecule has 1 aromatic carbocycles. The minimum atomic E-state index is -0.779. The van der Waals surface area contributed by atoms with Crippen molar-refractivity contribution in [3.63, 3.8) is 0 Å². The molecule has 0 unspecified atom stereocenters. The molecule has 1 N–H and O–H groups in total. The van der Waals surface area contributed by atoms with Gasteiger partial charge in [0.15, 0.2) is 6.10 Å². The molecule has 0 spiro atoms. The Balaban J connectivity index is 2.04. The highest BCUT2D eigenvalue weighted by Gasteiger charge is 2.41. The summed E-state index contributed by atoms with van der Waals surface area (Å²) >= 11 is 0. The lowest BCUT2D eigenvalue weighted by molar-refractivity contribution is -0.141. The lowest BCUT2D eigenvalue weighted by atomic mass is 9.95. The van der Waals surface area contributed by atoms with Gasteiger partial charge in [-0.15, -0.1) is 0 Å². The minimum absolute atomic E-state index is 0.115. The van der Waals surface area contributed by atoms with Gasteiger partial charge in [-0.3, -0.25) is 4.79 Å². The number of aliphatic hydroxyl groups excluding tert-OH is 1. The van der Waals surface area contributed by atoms with Crippen molar-refractivity contribution in [3.8, 4) is 0 Å². The molecule has 0 saturated carbocycles. The van der Waals surface area contributed by atoms with Crippen LogP contribution in [0.2, 0.25) is 0 Å². The number of unbranched alkanes of at least 4 members (excludes halogenated alkanes) is 1. The molecule has 2 atom stereocenters. The van der Waals surface area contributed by atoms with Crippen LogP contribution in [0.4, 0.5) is 0 Å². The SMILES string of the molecule is CCCC[C@@H](C)C(O)=C1C(=O)O[C@@H](CCc2ccccc2)C1=O. The van der Waals surface area contributed by atoms with E-state index in [1.807, 2.05) is 37.3 Å². The summed E-state index contributed by atoms with van der Waals surface area (Å²) in [5, 5.41) is 10.2. The van der Waals surface area contributed by atoms with Gasteiger partial charge in [0.25, 0.3) is 0 Å². The zero-order chi connectivity index (χ0) is 16.8. The van der Waals surface area contributed by atoms with Crippen LogP contribution in [0.1, 0.15) is 45.1 Å². The van der Waals surface area contributed by atoms with Gasteiger partial charge in [-0.2, -0.15) is 0 Å². The molecule has 4 nitrogen and oxygen atoms in total. The van der Waals surface area contributed by atoms with Gasteiger partial charge in [0.05, 0.1) is 0 Å². The molecule has 1 aliphatic heterocycles. The molecule has 124 valence electrons. The van der Waals surface area contributed by atoms with E-state index >= 15 is 0 Å². The van der Waals surface area contributed by atoms with Crippen LogP contribution >= 0.6 is 0 Å². The molecular formula is C19H24O4. The number of aliphatic hydroxyl groups is 1. The molecule has 23 heavy (non-hydrogen) atoms. The number of rotatable bonds is 7. The van der Waals surface area contributed by atoms with E-state index in [9.17, 15) is 14.7 Å². The quantitative estimate of drug-likeness (QED) is 0.360. The van der Waals surface area contributed by atoms with Gasteiger partial charge in [0.1, 0.15) is 11.3 Å². The van der Waals surface area contributed by atoms with Crippen molar-refractivity contribution in [1.82, 2.24) is 0 Å². The van der Waals surface area contributed by atoms with Crippen LogP contribution in [0, 0.1) is 5.92 Å². The Bertz CT molecular complexity index is 589. The maximum Gasteiger partial charge on any atom is 0.346 e. The first kappa shape index (κ1) is 17.3. The molecular weight excluding hydrogens is 292 g/mol. The molecule has 0 radical (unpaired) electrons. The zero-order valence-electron chi connectivity index (χ0n) is 13.7. The van der Waals surface area contributed by atoms with Crippen LogP contribution in [0.15, 0.2) is 41.7 Å². The van der Waals surface area contributed by atoms with Crippen molar-refractivity contribution in [2.75, 3.05) is 0 Å². The van der Waals surface area contributed by atoms with Crippen molar-refractivity contribution >= 4 is 11.8 Å². The third-order valence-corrected chi connectivity index (χ3v) is 4.24. The number of hydrogen-bond acceptors (Lipinski definition) is 4. The number of ether oxygens (including phenoxy) is 1. The summed E-state index contributed by atoms with van der Waals surface area (Å²) in [7, 11) is 0. The Morgan fingerprint density at radius 2 is 1.96 bits per heavy atom. The first-order valence-electron chi connectivity index (χ1n) is 8.26. The van der Waals surface area contributed by atoms with Crippen LogP contribution < -0.4 is 0 Å². The fourth-order valence-corrected chi connectivity index (χ4v) is 2.76. The molecule has 4 heteroatoms. The first-order valence-corrected chi connectivity index (χ1v) is 8.26. The van der Waals surface area contributed by atoms with Crippen LogP contribution in [0.25, 0.3) is 0 Å². The maximum atomic E-state index is 12.4. The van der Waals surface area contributed by atoms with Gasteiger partial charge in [-0.25, -0.2) is 4.79 Å². The minimum Gasteiger partial charge on any atom is -0.511 e. The number of esters is 1. The highest BCUT2D eigenvalue weighted by molar-refractivity contribution is 6.23. The average Bonchev–Trinajstić information content (AvgIpc) is 2.85. The number of ketones is 1. The summed E-state index contributed by atoms with van der Waals surface area (Å²) in [6.45, 7) is 3.89. The van der Waals surface area contributed by atoms with E-state index in [0.717, 1.165) is 24.8 Å². The fraction of sp³-hybridized carbons (Fsp3) is 0.474. The fourth-order valence-electron chi connectivity index (χ4n) is 2.76. The molecule has 0 aromatic heterocycles. The number of cyclic esters (lactones) is 1. The van der Waals surface area contributed by atoms with Crippen LogP contribution in [0.5, 0.6) is 0 Å². The topological polar surface area (TPSA) is 63.6 Å². The maximum absolute atomic E-state index is 12.4. The van der Waals surface area contributed by atoms with E-state index in [2.05, 4.69) is 6.92 Å². The Kier molecular flexibility index (Phi) is 5.97. The summed E-state index contributed by atoms with van der Waals surface area (Å²) in [5.74, 6) is -1.38. The Morgan fingerprint density at radius 1 is 1.26 bits per heavy atom. The van der Waals surface area contributed by atoms with Gasteiger partial charge < -0.3 is 9.84 Å². The number of benzene rings is 1. The highest BCUT2D eigenvalue weighted by atomic mass is 16.6. The van der Waals surface area contributed by atoms with Crippen molar-refractivity contribution in [1.29, 1.82) is 0 Å². The van der Waals surface area contributed by atoms with E-state index in [1.165, 1.54) is 0 Å². The normalized spacial score (nSPS) is 21.2. The highest BCUT2D eigenvalue weighted by Crippen LogP contribution is 2.27. The van der Waals surface area contributed by atoms with Crippen LogP contribution in [-0.2, 0) is 20.7 Å². The van der Waals surface area contributed by atoms with E-state index in [-0.39, 0.29) is 23.0 Å². The van der Waals surface area contributed by atoms with Crippen molar-refractivity contribution in [2.45, 2.75) is 52.1 Å². The number of hydrogen-bond donors (Lipinski definition) is 1. The van der Waals surface area contributed by atoms with Crippen LogP contribution in [-0.4, -0.2) is 23.0 Å². The van der Waals surface area contributed by atoms with E-state index < -0.39 is 12.1 Å². The number of carbonyl (C=O) groups is 2. The first-order chi connectivity index (χ1) is 11.0. The van der Waals surface area contributed by atoms with Gasteiger partial charge >= 0.3 is 5.97 Å². The van der Waals surface area contributed by atoms with Crippen molar-refractivity contribution in [3.05, 3.63) is 47.2 Å². The number of carbonyl (C=O) groups excluding carboxylic acids is 2. The zero-order valence-corrected chi connectivity index (χ0v) is 13.7. The number of Topliss-reactive ketones (excluding diaryl/α,β-unsaturated/α-hetero) is 1. The van der Waals surface area contributed by atoms with E-state index in [0.29, 0.717) is 12.8 Å². The van der Waals surface area contributed by atoms with Crippen LogP contribution in [0.3, 0.4) is 0 Å². The molecule has 1 fully saturated rings. The van der Waals surface area contributed by atoms with Gasteiger partial charge in [0.2, 0.25) is 5.78 Å². The predicted molar refractivity (Wildman–Crippen MR) is 88.0 cm³/mol. The summed E-state index contributed by atoms with van der Waals surface area (Å²) in [5.41, 5.74) is 0.945. The Morgan fingerprint density at radius 3 is 2.61 bits per heavy atom. The summed E-state index contributed by atoms with van der Waals surface area (Å²) in [6, 6.07) is 9.75. The molecule has 1 heterocycles. The third-order valence-electron chi connectivity index (χ3n) is 4.24. The predicted octanol–water partition coefficient (Wildman–Crippen LogP) is 3.75. The van der Waals surface area contributed by atoms with Crippen molar-refractivity contribution < 1.29 is 19.4 Å². The van der Waals surface area contributed by atoms with E-state index in [1.54, 1.807) is 0 Å². The molecule has 1 aromatic rings. The molecule has 0 amide bonds. The summed E-state index contributed by atoms with van der Waals surface area (Å²) in [4.78, 5) is 24.4. The number of allylic oxidation sites excluding steroid dienone is 1. The smallest absolute Gasteiger partial charge is 0.346 e. The van der Waals surface area contributed by atoms with Gasteiger partial charge in [0, 0.05) is 5.92 Å². The molecule has 0 bridgehead atoms. The largest absolute Gasteiger partial charge is 0.511 e. The Labute approximate surface area is 137 Å². The lowest BCUT2D eigenvalue weighted by Crippen LogP contribution is -2.18. The lowest BCUT2D eigenvalue weighted by Gasteiger charge is -2.10. The second-order valence-corrected chi connectivity index (χ2v) is 6.09. The van der Waals surface area contributed by atoms with Gasteiger partial charge in [-0.1, -0.05) is 57.0 Å². The average molecular weight is 316 g/mol. The van der Waals surface area contributed by atoms with Gasteiger partial charge in [-0.05, 0) is 24.8 Å². The second kappa shape index (κ2) is 7.95. The van der Waals surface area contributed by atoms with Crippen molar-refractivity contribution in [2.24, 2.45) is 5.92 Å². The Hall–Kier alpha value is -2.10.